The number of anilines is 1. The summed E-state index contributed by atoms with van der Waals surface area (Å²) in [4.78, 5) is 28.1. The van der Waals surface area contributed by atoms with Crippen LogP contribution in [0.15, 0.2) is 78.4 Å². The van der Waals surface area contributed by atoms with Gasteiger partial charge in [-0.1, -0.05) is 12.1 Å². The summed E-state index contributed by atoms with van der Waals surface area (Å²) in [5, 5.41) is 11.3. The number of carbonyl (C=O) groups is 2. The highest BCUT2D eigenvalue weighted by molar-refractivity contribution is 6.51. The number of ether oxygens (including phenoxy) is 3. The summed E-state index contributed by atoms with van der Waals surface area (Å²) in [7, 11) is 1.56. The fourth-order valence-electron chi connectivity index (χ4n) is 4.28. The van der Waals surface area contributed by atoms with E-state index in [1.165, 1.54) is 4.90 Å². The lowest BCUT2D eigenvalue weighted by Crippen LogP contribution is -2.29. The van der Waals surface area contributed by atoms with Crippen LogP contribution in [-0.2, 0) is 9.59 Å². The summed E-state index contributed by atoms with van der Waals surface area (Å²) in [6.07, 6.45) is -0.00431. The molecule has 3 aromatic rings. The number of hydrogen-bond acceptors (Lipinski definition) is 6. The topological polar surface area (TPSA) is 85.3 Å². The molecule has 7 heteroatoms. The van der Waals surface area contributed by atoms with Crippen LogP contribution in [0.25, 0.3) is 5.76 Å². The van der Waals surface area contributed by atoms with Crippen molar-refractivity contribution in [3.05, 3.63) is 89.5 Å². The predicted octanol–water partition coefficient (Wildman–Crippen LogP) is 5.90. The number of ketones is 1. The Morgan fingerprint density at radius 2 is 1.24 bits per heavy atom. The fourth-order valence-corrected chi connectivity index (χ4v) is 4.28. The van der Waals surface area contributed by atoms with Crippen molar-refractivity contribution in [2.45, 2.75) is 45.9 Å². The molecule has 0 saturated carbocycles. The van der Waals surface area contributed by atoms with Gasteiger partial charge in [-0.05, 0) is 93.9 Å². The first-order chi connectivity index (χ1) is 17.7. The molecule has 0 aliphatic carbocycles. The van der Waals surface area contributed by atoms with Crippen LogP contribution in [0.1, 0.15) is 44.9 Å². The number of rotatable bonds is 8. The first kappa shape index (κ1) is 25.8. The van der Waals surface area contributed by atoms with Gasteiger partial charge in [0.2, 0.25) is 0 Å². The third-order valence-corrected chi connectivity index (χ3v) is 5.86. The summed E-state index contributed by atoms with van der Waals surface area (Å²) in [6, 6.07) is 20.0. The maximum atomic E-state index is 13.4. The lowest BCUT2D eigenvalue weighted by atomic mass is 9.95. The van der Waals surface area contributed by atoms with Gasteiger partial charge in [0.15, 0.2) is 0 Å². The SMILES string of the molecule is COc1ccc(N2C(=O)C(=O)/C(=C(/O)c3ccc(OC(C)C)cc3)C2c2ccc(OC(C)C)cc2)cc1. The van der Waals surface area contributed by atoms with Crippen molar-refractivity contribution in [3.8, 4) is 17.2 Å². The van der Waals surface area contributed by atoms with Crippen molar-refractivity contribution in [1.82, 2.24) is 0 Å². The Balaban J connectivity index is 1.82. The molecule has 3 aromatic carbocycles. The van der Waals surface area contributed by atoms with Crippen LogP contribution >= 0.6 is 0 Å². The normalized spacial score (nSPS) is 16.9. The molecule has 1 N–H and O–H groups in total. The molecule has 0 aromatic heterocycles. The van der Waals surface area contributed by atoms with Crippen LogP contribution in [0.5, 0.6) is 17.2 Å². The van der Waals surface area contributed by atoms with Crippen molar-refractivity contribution >= 4 is 23.1 Å². The zero-order chi connectivity index (χ0) is 26.7. The Labute approximate surface area is 216 Å². The average Bonchev–Trinajstić information content (AvgIpc) is 3.14. The van der Waals surface area contributed by atoms with Crippen molar-refractivity contribution in [2.24, 2.45) is 0 Å². The van der Waals surface area contributed by atoms with Crippen molar-refractivity contribution in [3.63, 3.8) is 0 Å². The maximum Gasteiger partial charge on any atom is 0.300 e. The van der Waals surface area contributed by atoms with Gasteiger partial charge in [0, 0.05) is 11.3 Å². The summed E-state index contributed by atoms with van der Waals surface area (Å²) in [5.41, 5.74) is 1.59. The van der Waals surface area contributed by atoms with Gasteiger partial charge < -0.3 is 19.3 Å². The molecular weight excluding hydrogens is 470 g/mol. The minimum absolute atomic E-state index is 0.00145. The van der Waals surface area contributed by atoms with E-state index in [1.807, 2.05) is 27.7 Å². The number of benzene rings is 3. The first-order valence-electron chi connectivity index (χ1n) is 12.2. The summed E-state index contributed by atoms with van der Waals surface area (Å²) in [5.74, 6) is 0.194. The van der Waals surface area contributed by atoms with Gasteiger partial charge in [-0.25, -0.2) is 0 Å². The van der Waals surface area contributed by atoms with Crippen LogP contribution in [0.2, 0.25) is 0 Å². The zero-order valence-corrected chi connectivity index (χ0v) is 21.6. The molecule has 1 amide bonds. The van der Waals surface area contributed by atoms with Crippen LogP contribution in [-0.4, -0.2) is 36.1 Å². The molecule has 0 bridgehead atoms. The summed E-state index contributed by atoms with van der Waals surface area (Å²) < 4.78 is 16.7. The predicted molar refractivity (Wildman–Crippen MR) is 142 cm³/mol. The minimum Gasteiger partial charge on any atom is -0.507 e. The van der Waals surface area contributed by atoms with Crippen LogP contribution < -0.4 is 19.1 Å². The average molecular weight is 502 g/mol. The quantitative estimate of drug-likeness (QED) is 0.235. The second-order valence-corrected chi connectivity index (χ2v) is 9.29. The van der Waals surface area contributed by atoms with E-state index >= 15 is 0 Å². The molecule has 1 unspecified atom stereocenters. The number of carbonyl (C=O) groups excluding carboxylic acids is 2. The van der Waals surface area contributed by atoms with E-state index in [1.54, 1.807) is 79.9 Å². The molecule has 1 atom stereocenters. The highest BCUT2D eigenvalue weighted by Crippen LogP contribution is 2.43. The van der Waals surface area contributed by atoms with E-state index < -0.39 is 17.7 Å². The number of amides is 1. The molecule has 4 rings (SSSR count). The number of Topliss-reactive ketones (excluding diaryl/α,β-unsaturated/α-hetero) is 1. The number of nitrogens with zero attached hydrogens (tertiary/aromatic N) is 1. The number of hydrogen-bond donors (Lipinski definition) is 1. The summed E-state index contributed by atoms with van der Waals surface area (Å²) in [6.45, 7) is 7.71. The van der Waals surface area contributed by atoms with Gasteiger partial charge in [-0.15, -0.1) is 0 Å². The lowest BCUT2D eigenvalue weighted by molar-refractivity contribution is -0.132. The van der Waals surface area contributed by atoms with Crippen molar-refractivity contribution in [2.75, 3.05) is 12.0 Å². The summed E-state index contributed by atoms with van der Waals surface area (Å²) >= 11 is 0. The van der Waals surface area contributed by atoms with E-state index in [9.17, 15) is 14.7 Å². The fraction of sp³-hybridized carbons (Fsp3) is 0.267. The Kier molecular flexibility index (Phi) is 7.53. The second-order valence-electron chi connectivity index (χ2n) is 9.29. The third kappa shape index (κ3) is 5.45. The standard InChI is InChI=1S/C30H31NO6/c1-18(2)36-24-12-6-20(7-13-24)27-26(28(32)21-8-14-25(15-9-21)37-19(3)4)29(33)30(34)31(27)22-10-16-23(35-5)17-11-22/h6-19,27,32H,1-5H3/b28-26+. The monoisotopic (exact) mass is 501 g/mol. The molecule has 1 aliphatic heterocycles. The van der Waals surface area contributed by atoms with Gasteiger partial charge >= 0.3 is 0 Å². The van der Waals surface area contributed by atoms with Gasteiger partial charge in [0.05, 0.1) is 30.9 Å². The Hall–Kier alpha value is -4.26. The van der Waals surface area contributed by atoms with Gasteiger partial charge in [0.1, 0.15) is 23.0 Å². The molecule has 192 valence electrons. The first-order valence-corrected chi connectivity index (χ1v) is 12.2. The van der Waals surface area contributed by atoms with Crippen LogP contribution in [0, 0.1) is 0 Å². The lowest BCUT2D eigenvalue weighted by Gasteiger charge is -2.26. The Morgan fingerprint density at radius 3 is 1.73 bits per heavy atom. The van der Waals surface area contributed by atoms with E-state index in [4.69, 9.17) is 14.2 Å². The van der Waals surface area contributed by atoms with Crippen molar-refractivity contribution in [1.29, 1.82) is 0 Å². The highest BCUT2D eigenvalue weighted by atomic mass is 16.5. The second kappa shape index (κ2) is 10.8. The van der Waals surface area contributed by atoms with Gasteiger partial charge in [0.25, 0.3) is 11.7 Å². The molecule has 37 heavy (non-hydrogen) atoms. The van der Waals surface area contributed by atoms with Crippen molar-refractivity contribution < 1.29 is 28.9 Å². The van der Waals surface area contributed by atoms with E-state index in [-0.39, 0.29) is 23.5 Å². The van der Waals surface area contributed by atoms with E-state index in [0.717, 1.165) is 0 Å². The molecular formula is C30H31NO6. The van der Waals surface area contributed by atoms with Gasteiger partial charge in [-0.2, -0.15) is 0 Å². The number of aliphatic hydroxyl groups is 1. The zero-order valence-electron chi connectivity index (χ0n) is 21.6. The van der Waals surface area contributed by atoms with Crippen LogP contribution in [0.4, 0.5) is 5.69 Å². The molecule has 0 radical (unpaired) electrons. The highest BCUT2D eigenvalue weighted by Gasteiger charge is 2.47. The molecule has 1 fully saturated rings. The number of aliphatic hydroxyl groups excluding tert-OH is 1. The van der Waals surface area contributed by atoms with Gasteiger partial charge in [-0.3, -0.25) is 14.5 Å². The Morgan fingerprint density at radius 1 is 0.757 bits per heavy atom. The van der Waals surface area contributed by atoms with Crippen LogP contribution in [0.3, 0.4) is 0 Å². The molecule has 0 spiro atoms. The third-order valence-electron chi connectivity index (χ3n) is 5.86. The maximum absolute atomic E-state index is 13.4. The molecule has 1 saturated heterocycles. The molecule has 1 aliphatic rings. The minimum atomic E-state index is -0.840. The Bertz CT molecular complexity index is 1290. The number of methoxy groups -OCH3 is 1. The largest absolute Gasteiger partial charge is 0.507 e. The van der Waals surface area contributed by atoms with E-state index in [0.29, 0.717) is 34.1 Å². The molecule has 7 nitrogen and oxygen atoms in total. The smallest absolute Gasteiger partial charge is 0.300 e. The van der Waals surface area contributed by atoms with E-state index in [2.05, 4.69) is 0 Å². The molecule has 1 heterocycles.